The summed E-state index contributed by atoms with van der Waals surface area (Å²) in [5.41, 5.74) is -0.363. The molecular weight excluding hydrogens is 531 g/mol. The van der Waals surface area contributed by atoms with E-state index in [1.54, 1.807) is 13.0 Å². The molecule has 1 aliphatic heterocycles. The van der Waals surface area contributed by atoms with Crippen LogP contribution in [0, 0.1) is 6.92 Å². The fourth-order valence-electron chi connectivity index (χ4n) is 3.82. The molecule has 5 rings (SSSR count). The molecule has 4 aromatic heterocycles. The minimum atomic E-state index is -4.66. The molecule has 0 saturated heterocycles. The molecule has 0 aromatic carbocycles. The quantitative estimate of drug-likeness (QED) is 0.363. The summed E-state index contributed by atoms with van der Waals surface area (Å²) in [5.74, 6) is -0.798. The minimum Gasteiger partial charge on any atom is -0.361 e. The van der Waals surface area contributed by atoms with Crippen molar-refractivity contribution in [2.24, 2.45) is 7.05 Å². The smallest absolute Gasteiger partial charge is 0.361 e. The van der Waals surface area contributed by atoms with Crippen LogP contribution in [0.4, 0.5) is 30.5 Å². The molecule has 0 atom stereocenters. The van der Waals surface area contributed by atoms with Crippen molar-refractivity contribution in [3.63, 3.8) is 0 Å². The van der Waals surface area contributed by atoms with Crippen LogP contribution < -0.4 is 26.8 Å². The lowest BCUT2D eigenvalue weighted by molar-refractivity contribution is -0.145. The van der Waals surface area contributed by atoms with Gasteiger partial charge in [-0.1, -0.05) is 5.16 Å². The van der Waals surface area contributed by atoms with E-state index in [9.17, 15) is 27.6 Å². The van der Waals surface area contributed by atoms with Crippen LogP contribution in [-0.4, -0.2) is 48.4 Å². The second-order valence-electron chi connectivity index (χ2n) is 8.27. The predicted octanol–water partition coefficient (Wildman–Crippen LogP) is 1.65. The molecule has 1 aliphatic rings. The number of carbonyl (C=O) groups excluding carboxylic acids is 1. The molecule has 0 radical (unpaired) electrons. The van der Waals surface area contributed by atoms with Crippen molar-refractivity contribution in [2.45, 2.75) is 19.6 Å². The number of nitrogens with zero attached hydrogens (tertiary/aromatic N) is 7. The van der Waals surface area contributed by atoms with Crippen LogP contribution in [0.3, 0.4) is 0 Å². The molecule has 0 fully saturated rings. The molecule has 0 bridgehead atoms. The summed E-state index contributed by atoms with van der Waals surface area (Å²) in [6, 6.07) is 1.61. The second kappa shape index (κ2) is 9.40. The summed E-state index contributed by atoms with van der Waals surface area (Å²) in [7, 11) is 1.50. The topological polar surface area (TPSA) is 153 Å². The normalized spacial score (nSPS) is 12.9. The van der Waals surface area contributed by atoms with E-state index in [0.29, 0.717) is 16.5 Å². The number of halogens is 3. The lowest BCUT2D eigenvalue weighted by Gasteiger charge is -2.17. The zero-order valence-corrected chi connectivity index (χ0v) is 20.6. The van der Waals surface area contributed by atoms with Crippen molar-refractivity contribution < 1.29 is 22.5 Å². The number of hydrogen-bond donors (Lipinski definition) is 2. The van der Waals surface area contributed by atoms with Crippen LogP contribution in [0.1, 0.15) is 17.3 Å². The molecule has 5 heterocycles. The van der Waals surface area contributed by atoms with Gasteiger partial charge in [0, 0.05) is 36.5 Å². The third-order valence-electron chi connectivity index (χ3n) is 5.53. The Morgan fingerprint density at radius 2 is 2.00 bits per heavy atom. The van der Waals surface area contributed by atoms with Crippen molar-refractivity contribution >= 4 is 34.6 Å². The molecule has 2 N–H and O–H groups in total. The number of fused-ring (bicyclic) bond motifs is 1. The fraction of sp³-hybridized carbons (Fsp3) is 0.286. The first-order valence-corrected chi connectivity index (χ1v) is 11.8. The van der Waals surface area contributed by atoms with Crippen LogP contribution in [0.15, 0.2) is 38.0 Å². The Kier molecular flexibility index (Phi) is 6.22. The van der Waals surface area contributed by atoms with Crippen molar-refractivity contribution in [2.75, 3.05) is 28.7 Å². The highest BCUT2D eigenvalue weighted by Gasteiger charge is 2.34. The SMILES string of the molecule is Cc1cc(Cn2c(=O)c3c(n(C)c2=O)NCN3CC(=O)Nc2csc(-c3cnc(C(F)(F)F)nc3)n2)no1. The molecule has 0 aliphatic carbocycles. The maximum absolute atomic E-state index is 13.2. The summed E-state index contributed by atoms with van der Waals surface area (Å²) in [6.45, 7) is 1.44. The van der Waals surface area contributed by atoms with Gasteiger partial charge in [0.05, 0.1) is 19.8 Å². The van der Waals surface area contributed by atoms with Gasteiger partial charge >= 0.3 is 11.9 Å². The van der Waals surface area contributed by atoms with E-state index in [0.717, 1.165) is 28.3 Å². The van der Waals surface area contributed by atoms with Gasteiger partial charge in [-0.05, 0) is 6.92 Å². The van der Waals surface area contributed by atoms with Gasteiger partial charge in [-0.15, -0.1) is 11.3 Å². The van der Waals surface area contributed by atoms with Crippen molar-refractivity contribution in [1.82, 2.24) is 29.2 Å². The van der Waals surface area contributed by atoms with Crippen molar-refractivity contribution in [1.29, 1.82) is 0 Å². The highest BCUT2D eigenvalue weighted by atomic mass is 32.1. The first-order valence-electron chi connectivity index (χ1n) is 10.9. The average Bonchev–Trinajstić information content (AvgIpc) is 3.60. The third-order valence-corrected chi connectivity index (χ3v) is 6.43. The van der Waals surface area contributed by atoms with Crippen LogP contribution in [0.2, 0.25) is 0 Å². The van der Waals surface area contributed by atoms with E-state index < -0.39 is 29.2 Å². The van der Waals surface area contributed by atoms with Gasteiger partial charge in [0.2, 0.25) is 11.7 Å². The van der Waals surface area contributed by atoms with E-state index in [1.807, 2.05) is 0 Å². The van der Waals surface area contributed by atoms with Crippen LogP contribution in [0.5, 0.6) is 0 Å². The number of hydrogen-bond acceptors (Lipinski definition) is 11. The summed E-state index contributed by atoms with van der Waals surface area (Å²) < 4.78 is 45.3. The average molecular weight is 549 g/mol. The lowest BCUT2D eigenvalue weighted by atomic mass is 10.3. The molecule has 0 saturated carbocycles. The van der Waals surface area contributed by atoms with Crippen molar-refractivity contribution in [3.05, 3.63) is 62.0 Å². The van der Waals surface area contributed by atoms with E-state index in [4.69, 9.17) is 4.52 Å². The molecule has 38 heavy (non-hydrogen) atoms. The van der Waals surface area contributed by atoms with Gasteiger partial charge in [0.25, 0.3) is 5.56 Å². The van der Waals surface area contributed by atoms with Crippen LogP contribution in [-0.2, 0) is 24.6 Å². The molecule has 0 unspecified atom stereocenters. The van der Waals surface area contributed by atoms with Gasteiger partial charge in [0.15, 0.2) is 0 Å². The van der Waals surface area contributed by atoms with Gasteiger partial charge < -0.3 is 20.1 Å². The summed E-state index contributed by atoms with van der Waals surface area (Å²) in [4.78, 5) is 51.1. The Balaban J connectivity index is 1.32. The van der Waals surface area contributed by atoms with Crippen LogP contribution >= 0.6 is 11.3 Å². The van der Waals surface area contributed by atoms with Gasteiger partial charge in [-0.2, -0.15) is 13.2 Å². The summed E-state index contributed by atoms with van der Waals surface area (Å²) in [6.07, 6.45) is -2.65. The number of nitrogens with one attached hydrogen (secondary N) is 2. The number of alkyl halides is 3. The van der Waals surface area contributed by atoms with E-state index in [1.165, 1.54) is 21.9 Å². The number of aromatic nitrogens is 6. The maximum atomic E-state index is 13.2. The first-order chi connectivity index (χ1) is 18.0. The van der Waals surface area contributed by atoms with E-state index >= 15 is 0 Å². The minimum absolute atomic E-state index is 0.101. The fourth-order valence-corrected chi connectivity index (χ4v) is 4.55. The van der Waals surface area contributed by atoms with Crippen molar-refractivity contribution in [3.8, 4) is 10.6 Å². The summed E-state index contributed by atoms with van der Waals surface area (Å²) >= 11 is 1.08. The molecule has 17 heteroatoms. The predicted molar refractivity (Wildman–Crippen MR) is 129 cm³/mol. The van der Waals surface area contributed by atoms with Gasteiger partial charge in [0.1, 0.15) is 33.8 Å². The monoisotopic (exact) mass is 549 g/mol. The molecule has 1 amide bonds. The number of aryl methyl sites for hydroxylation is 1. The molecule has 4 aromatic rings. The van der Waals surface area contributed by atoms with Gasteiger partial charge in [-0.3, -0.25) is 18.7 Å². The molecular formula is C21H18F3N9O4S. The number of amides is 1. The third kappa shape index (κ3) is 4.74. The van der Waals surface area contributed by atoms with Gasteiger partial charge in [-0.25, -0.2) is 19.7 Å². The first kappa shape index (κ1) is 25.1. The van der Waals surface area contributed by atoms with E-state index in [-0.39, 0.29) is 42.6 Å². The lowest BCUT2D eigenvalue weighted by Crippen LogP contribution is -2.42. The Hall–Kier alpha value is -4.54. The van der Waals surface area contributed by atoms with E-state index in [2.05, 4.69) is 30.7 Å². The zero-order valence-electron chi connectivity index (χ0n) is 19.7. The Labute approximate surface area is 214 Å². The molecule has 0 spiro atoms. The zero-order chi connectivity index (χ0) is 27.2. The standard InChI is InChI=1S/C21H18F3N9O4S/c1-10-3-12(30-37-10)6-33-18(35)15-16(31(2)20(33)36)27-9-32(15)7-14(34)28-13-8-38-17(29-13)11-4-25-19(26-5-11)21(22,23)24/h3-5,8,27H,6-7,9H2,1-2H3,(H,28,34). The number of anilines is 3. The Morgan fingerprint density at radius 1 is 1.26 bits per heavy atom. The number of carbonyl (C=O) groups is 1. The molecule has 198 valence electrons. The number of rotatable bonds is 6. The maximum Gasteiger partial charge on any atom is 0.451 e. The second-order valence-corrected chi connectivity index (χ2v) is 9.13. The largest absolute Gasteiger partial charge is 0.451 e. The highest BCUT2D eigenvalue weighted by Crippen LogP contribution is 2.29. The Morgan fingerprint density at radius 3 is 2.66 bits per heavy atom. The Bertz CT molecular complexity index is 1640. The number of thiazole rings is 1. The highest BCUT2D eigenvalue weighted by molar-refractivity contribution is 7.13. The summed E-state index contributed by atoms with van der Waals surface area (Å²) in [5, 5.41) is 11.2. The van der Waals surface area contributed by atoms with Crippen LogP contribution in [0.25, 0.3) is 10.6 Å². The molecule has 13 nitrogen and oxygen atoms in total.